The number of aryl methyl sites for hydroxylation is 1. The molecule has 2 amide bonds. The molecule has 1 heterocycles. The molecule has 1 fully saturated rings. The number of urea groups is 1. The lowest BCUT2D eigenvalue weighted by Gasteiger charge is -2.22. The van der Waals surface area contributed by atoms with Crippen molar-refractivity contribution in [1.29, 1.82) is 0 Å². The molecular weight excluding hydrogens is 336 g/mol. The third-order valence-electron chi connectivity index (χ3n) is 4.53. The van der Waals surface area contributed by atoms with Crippen molar-refractivity contribution in [2.75, 3.05) is 5.32 Å². The molecule has 0 bridgehead atoms. The molecule has 1 aromatic heterocycles. The third-order valence-corrected chi connectivity index (χ3v) is 5.55. The first-order valence-electron chi connectivity index (χ1n) is 8.56. The molecule has 3 rings (SSSR count). The van der Waals surface area contributed by atoms with Crippen LogP contribution in [0.25, 0.3) is 11.1 Å². The lowest BCUT2D eigenvalue weighted by molar-refractivity contribution is 0.0699. The lowest BCUT2D eigenvalue weighted by atomic mass is 9.96. The fraction of sp³-hybridized carbons (Fsp3) is 0.368. The van der Waals surface area contributed by atoms with Gasteiger partial charge in [0, 0.05) is 16.5 Å². The van der Waals surface area contributed by atoms with Gasteiger partial charge in [-0.1, -0.05) is 49.6 Å². The molecular formula is C19H22N2O3S. The number of aromatic carboxylic acids is 1. The van der Waals surface area contributed by atoms with Gasteiger partial charge in [0.15, 0.2) is 0 Å². The normalized spacial score (nSPS) is 14.9. The highest BCUT2D eigenvalue weighted by Crippen LogP contribution is 2.39. The van der Waals surface area contributed by atoms with Crippen LogP contribution < -0.4 is 10.6 Å². The maximum absolute atomic E-state index is 12.3. The van der Waals surface area contributed by atoms with Crippen LogP contribution in [0.2, 0.25) is 0 Å². The smallest absolute Gasteiger partial charge is 0.339 e. The maximum atomic E-state index is 12.3. The molecule has 0 spiro atoms. The Kier molecular flexibility index (Phi) is 5.38. The minimum absolute atomic E-state index is 0.160. The Hall–Kier alpha value is -2.34. The van der Waals surface area contributed by atoms with Crippen LogP contribution in [-0.4, -0.2) is 23.1 Å². The molecule has 1 aromatic carbocycles. The predicted molar refractivity (Wildman–Crippen MR) is 100 cm³/mol. The van der Waals surface area contributed by atoms with Gasteiger partial charge in [0.05, 0.1) is 0 Å². The van der Waals surface area contributed by atoms with E-state index in [4.69, 9.17) is 0 Å². The zero-order valence-electron chi connectivity index (χ0n) is 14.2. The molecule has 25 heavy (non-hydrogen) atoms. The van der Waals surface area contributed by atoms with Gasteiger partial charge >= 0.3 is 12.0 Å². The second kappa shape index (κ2) is 7.70. The summed E-state index contributed by atoms with van der Waals surface area (Å²) in [5, 5.41) is 15.8. The third kappa shape index (κ3) is 4.02. The number of benzene rings is 1. The molecule has 0 saturated heterocycles. The second-order valence-electron chi connectivity index (χ2n) is 6.34. The number of carbonyl (C=O) groups is 2. The molecule has 1 saturated carbocycles. The van der Waals surface area contributed by atoms with Gasteiger partial charge in [-0.25, -0.2) is 9.59 Å². The van der Waals surface area contributed by atoms with Crippen molar-refractivity contribution in [3.8, 4) is 11.1 Å². The maximum Gasteiger partial charge on any atom is 0.339 e. The molecule has 0 atom stereocenters. The van der Waals surface area contributed by atoms with E-state index in [9.17, 15) is 14.7 Å². The van der Waals surface area contributed by atoms with E-state index in [1.54, 1.807) is 0 Å². The van der Waals surface area contributed by atoms with Crippen LogP contribution in [-0.2, 0) is 0 Å². The number of carboxylic acids is 1. The van der Waals surface area contributed by atoms with Crippen LogP contribution in [0.5, 0.6) is 0 Å². The molecule has 0 unspecified atom stereocenters. The number of nitrogens with one attached hydrogen (secondary N) is 2. The Balaban J connectivity index is 1.84. The average molecular weight is 358 g/mol. The van der Waals surface area contributed by atoms with Gasteiger partial charge in [0.25, 0.3) is 0 Å². The van der Waals surface area contributed by atoms with Gasteiger partial charge in [0.2, 0.25) is 0 Å². The van der Waals surface area contributed by atoms with Gasteiger partial charge < -0.3 is 10.4 Å². The summed E-state index contributed by atoms with van der Waals surface area (Å²) in [7, 11) is 0. The second-order valence-corrected chi connectivity index (χ2v) is 7.57. The zero-order chi connectivity index (χ0) is 17.8. The summed E-state index contributed by atoms with van der Waals surface area (Å²) in [6.07, 6.45) is 5.44. The Morgan fingerprint density at radius 2 is 1.80 bits per heavy atom. The minimum atomic E-state index is -1.03. The molecule has 2 aromatic rings. The molecule has 6 heteroatoms. The van der Waals surface area contributed by atoms with Crippen LogP contribution in [0, 0.1) is 6.92 Å². The highest BCUT2D eigenvalue weighted by atomic mass is 32.1. The number of hydrogen-bond donors (Lipinski definition) is 3. The number of anilines is 1. The van der Waals surface area contributed by atoms with Gasteiger partial charge in [-0.2, -0.15) is 0 Å². The first kappa shape index (κ1) is 17.5. The lowest BCUT2D eigenvalue weighted by Crippen LogP contribution is -2.39. The predicted octanol–water partition coefficient (Wildman–Crippen LogP) is 4.88. The Bertz CT molecular complexity index is 764. The minimum Gasteiger partial charge on any atom is -0.478 e. The molecule has 3 N–H and O–H groups in total. The summed E-state index contributed by atoms with van der Waals surface area (Å²) < 4.78 is 0. The molecule has 132 valence electrons. The van der Waals surface area contributed by atoms with Crippen LogP contribution in [0.3, 0.4) is 0 Å². The molecule has 0 radical (unpaired) electrons. The summed E-state index contributed by atoms with van der Waals surface area (Å²) >= 11 is 1.30. The van der Waals surface area contributed by atoms with Gasteiger partial charge in [-0.05, 0) is 25.3 Å². The number of rotatable bonds is 4. The van der Waals surface area contributed by atoms with Crippen molar-refractivity contribution in [2.45, 2.75) is 45.1 Å². The van der Waals surface area contributed by atoms with Crippen molar-refractivity contribution < 1.29 is 14.7 Å². The Morgan fingerprint density at radius 1 is 1.12 bits per heavy atom. The number of hydrogen-bond acceptors (Lipinski definition) is 3. The molecule has 5 nitrogen and oxygen atoms in total. The number of carbonyl (C=O) groups excluding carboxylic acids is 1. The van der Waals surface area contributed by atoms with Crippen molar-refractivity contribution >= 4 is 28.3 Å². The SMILES string of the molecule is Cc1sc(NC(=O)NC2CCCCC2)c(C(=O)O)c1-c1ccccc1. The highest BCUT2D eigenvalue weighted by molar-refractivity contribution is 7.17. The molecule has 1 aliphatic rings. The highest BCUT2D eigenvalue weighted by Gasteiger charge is 2.24. The van der Waals surface area contributed by atoms with Crippen LogP contribution in [0.15, 0.2) is 30.3 Å². The Morgan fingerprint density at radius 3 is 2.44 bits per heavy atom. The largest absolute Gasteiger partial charge is 0.478 e. The summed E-state index contributed by atoms with van der Waals surface area (Å²) in [4.78, 5) is 25.0. The van der Waals surface area contributed by atoms with Crippen molar-refractivity contribution in [1.82, 2.24) is 5.32 Å². The molecule has 0 aliphatic heterocycles. The van der Waals surface area contributed by atoms with E-state index in [2.05, 4.69) is 10.6 Å². The first-order valence-corrected chi connectivity index (χ1v) is 9.37. The summed E-state index contributed by atoms with van der Waals surface area (Å²) in [5.74, 6) is -1.03. The standard InChI is InChI=1S/C19H22N2O3S/c1-12-15(13-8-4-2-5-9-13)16(18(22)23)17(25-12)21-19(24)20-14-10-6-3-7-11-14/h2,4-5,8-9,14H,3,6-7,10-11H2,1H3,(H,22,23)(H2,20,21,24). The fourth-order valence-corrected chi connectivity index (χ4v) is 4.42. The summed E-state index contributed by atoms with van der Waals surface area (Å²) in [6.45, 7) is 1.88. The zero-order valence-corrected chi connectivity index (χ0v) is 15.0. The average Bonchev–Trinajstić information content (AvgIpc) is 2.92. The van der Waals surface area contributed by atoms with Crippen molar-refractivity contribution in [2.24, 2.45) is 0 Å². The van der Waals surface area contributed by atoms with Gasteiger partial charge in [-0.3, -0.25) is 5.32 Å². The first-order chi connectivity index (χ1) is 12.1. The van der Waals surface area contributed by atoms with E-state index in [-0.39, 0.29) is 17.6 Å². The summed E-state index contributed by atoms with van der Waals surface area (Å²) in [5.41, 5.74) is 1.67. The monoisotopic (exact) mass is 358 g/mol. The van der Waals surface area contributed by atoms with Gasteiger partial charge in [0.1, 0.15) is 10.6 Å². The number of thiophene rings is 1. The van der Waals surface area contributed by atoms with Crippen LogP contribution in [0.4, 0.5) is 9.80 Å². The van der Waals surface area contributed by atoms with E-state index in [0.717, 1.165) is 36.1 Å². The Labute approximate surface area is 151 Å². The summed E-state index contributed by atoms with van der Waals surface area (Å²) in [6, 6.07) is 9.26. The fourth-order valence-electron chi connectivity index (χ4n) is 3.36. The van der Waals surface area contributed by atoms with E-state index in [1.807, 2.05) is 37.3 Å². The van der Waals surface area contributed by atoms with E-state index in [0.29, 0.717) is 10.6 Å². The molecule has 1 aliphatic carbocycles. The van der Waals surface area contributed by atoms with E-state index in [1.165, 1.54) is 17.8 Å². The van der Waals surface area contributed by atoms with Crippen LogP contribution >= 0.6 is 11.3 Å². The quantitative estimate of drug-likeness (QED) is 0.729. The van der Waals surface area contributed by atoms with E-state index < -0.39 is 5.97 Å². The van der Waals surface area contributed by atoms with Crippen molar-refractivity contribution in [3.63, 3.8) is 0 Å². The van der Waals surface area contributed by atoms with Gasteiger partial charge in [-0.15, -0.1) is 11.3 Å². The topological polar surface area (TPSA) is 78.4 Å². The van der Waals surface area contributed by atoms with Crippen LogP contribution in [0.1, 0.15) is 47.3 Å². The van der Waals surface area contributed by atoms with E-state index >= 15 is 0 Å². The van der Waals surface area contributed by atoms with Crippen molar-refractivity contribution in [3.05, 3.63) is 40.8 Å². The number of amides is 2. The number of carboxylic acid groups (broad SMARTS) is 1.